The van der Waals surface area contributed by atoms with Gasteiger partial charge in [0.2, 0.25) is 0 Å². The number of amides is 10. The van der Waals surface area contributed by atoms with E-state index in [1.165, 1.54) is 97.1 Å². The summed E-state index contributed by atoms with van der Waals surface area (Å²) in [5.74, 6) is -11.1. The summed E-state index contributed by atoms with van der Waals surface area (Å²) in [5, 5.41) is 69.0. The third-order valence-electron chi connectivity index (χ3n) is 26.0. The maximum absolute atomic E-state index is 15.9. The van der Waals surface area contributed by atoms with Crippen molar-refractivity contribution < 1.29 is 95.9 Å². The minimum atomic E-state index is -1.78. The molecule has 0 spiro atoms. The number of carbonyl (C=O) groups excluding carboxylic acids is 14. The van der Waals surface area contributed by atoms with Crippen LogP contribution in [0.2, 0.25) is 0 Å². The van der Waals surface area contributed by atoms with Gasteiger partial charge in [-0.2, -0.15) is 20.5 Å². The fourth-order valence-corrected chi connectivity index (χ4v) is 18.1. The molecule has 8 aromatic rings. The maximum atomic E-state index is 15.9. The third kappa shape index (κ3) is 28.2. The van der Waals surface area contributed by atoms with Crippen molar-refractivity contribution in [1.29, 1.82) is 0 Å². The first-order valence-electron chi connectivity index (χ1n) is 47.9. The van der Waals surface area contributed by atoms with E-state index in [0.29, 0.717) is 139 Å². The molecule has 4 aliphatic carbocycles. The molecule has 10 amide bonds. The summed E-state index contributed by atoms with van der Waals surface area (Å²) in [6.45, 7) is 2.85. The number of likely N-dealkylation sites (N-methyl/N-ethyl adjacent to an activating group) is 2. The van der Waals surface area contributed by atoms with Crippen LogP contribution in [0.3, 0.4) is 0 Å². The van der Waals surface area contributed by atoms with Gasteiger partial charge in [-0.05, 0) is 211 Å². The minimum Gasteiger partial charge on any atom is -0.464 e. The Bertz CT molecular complexity index is 5550. The molecule has 0 aromatic heterocycles. The minimum absolute atomic E-state index is 0.102. The lowest BCUT2D eigenvalue weighted by Gasteiger charge is -2.34. The molecule has 2 heterocycles. The second-order valence-corrected chi connectivity index (χ2v) is 35.6. The van der Waals surface area contributed by atoms with Crippen LogP contribution in [-0.2, 0) is 38.1 Å². The Morgan fingerprint density at radius 2 is 0.556 bits per heavy atom. The van der Waals surface area contributed by atoms with Crippen LogP contribution >= 0.6 is 0 Å². The molecule has 142 heavy (non-hydrogen) atoms. The highest BCUT2D eigenvalue weighted by atomic mass is 16.6. The van der Waals surface area contributed by atoms with Crippen LogP contribution in [0.5, 0.6) is 0 Å². The van der Waals surface area contributed by atoms with E-state index in [-0.39, 0.29) is 93.3 Å². The van der Waals surface area contributed by atoms with Crippen molar-refractivity contribution in [3.05, 3.63) is 258 Å². The molecule has 2 aliphatic heterocycles. The number of fused-ring (bicyclic) bond motifs is 12. The topological polar surface area (TPSA) is 538 Å². The molecule has 8 bridgehead atoms. The predicted molar refractivity (Wildman–Crippen MR) is 518 cm³/mol. The number of anilines is 2. The monoisotopic (exact) mass is 1940 g/mol. The molecule has 40 nitrogen and oxygen atoms in total. The lowest BCUT2D eigenvalue weighted by molar-refractivity contribution is -0.385. The summed E-state index contributed by atoms with van der Waals surface area (Å²) in [4.78, 5) is 230. The van der Waals surface area contributed by atoms with E-state index >= 15 is 28.8 Å². The van der Waals surface area contributed by atoms with Crippen LogP contribution < -0.4 is 63.0 Å². The van der Waals surface area contributed by atoms with Crippen LogP contribution in [0.4, 0.5) is 45.5 Å². The average molecular weight is 1940 g/mol. The number of nitro groups is 2. The standard InChI is InChI=1S/C102H112N18O22/c1-3-117(75-35-27-71(28-36-75)113-115-73-31-39-77(40-32-73)119(135)136)47-49-139-89(121)43-45-91(123)141-59-87(111-101(133)69-55-65-53-66(56-69)98(130)108-84-24-10-6-20-80(84)104-94(126)62-16-13-15-61(51-62)93(125)103-79-19-5-9-23-83(79)107-97(65)129)88(60-142-92(124)46-44-90(122)140-50-48-118(4-2)76-37-29-72(30-38-76)114-116-74-33-41-78(42-34-74)120(137)138)112-102(134)70-57-67-54-68(58-70)100(132)110-86-26-12-8-22-82(86)106-96(128)64-18-14-17-63(52-64)95(127)105-81-21-7-11-25-85(81)109-99(67)131/h13-18,27-42,51-58,79-88H,3-12,19-26,43-50,59-60H2,1-2H3,(H,103,125)(H,104,126)(H,105,127)(H,106,128)(H,107,129)(H,108,130)(H,109,131)(H,110,132)(H,111,133)(H,112,134)/t79-,80-,81-,82-,83-,84-,85-,86-,87-,88-/m1/s1. The van der Waals surface area contributed by atoms with Gasteiger partial charge in [-0.15, -0.1) is 0 Å². The SMILES string of the molecule is CCN(CCOC(=O)CCC(=O)OC[C@@H](NC(=O)c1cc2cc(c1)C(=O)N[C@@H]1CCCC[C@H]1NC(=O)c1cccc(c1)C(=O)N[C@@H]1CCCC[C@H]1NC2=O)[C@@H](COC(=O)CCC(=O)OCCN(CC)c1ccc(N=Nc2ccc([N+](=O)[O-])cc2)cc1)NC(=O)c1cc2cc(c1)C(=O)N[C@@H]1CCCC[C@H]1NC(=O)c1cccc(c1)C(=O)N[C@@H]1CCCC[C@H]1NC2=O)c1ccc(N=Nc2ccc([N+](=O)[O-])cc2)cc1. The van der Waals surface area contributed by atoms with Crippen molar-refractivity contribution in [2.24, 2.45) is 20.5 Å². The quantitative estimate of drug-likeness (QED) is 0.00634. The summed E-state index contributed by atoms with van der Waals surface area (Å²) >= 11 is 0. The summed E-state index contributed by atoms with van der Waals surface area (Å²) in [6.07, 6.45) is 6.09. The van der Waals surface area contributed by atoms with Crippen molar-refractivity contribution in [2.75, 3.05) is 62.4 Å². The molecule has 4 fully saturated rings. The molecule has 10 N–H and O–H groups in total. The molecule has 4 saturated carbocycles. The van der Waals surface area contributed by atoms with Gasteiger partial charge in [0.15, 0.2) is 0 Å². The Kier molecular flexibility index (Phi) is 35.1. The van der Waals surface area contributed by atoms with Gasteiger partial charge in [-0.25, -0.2) is 0 Å². The number of rotatable bonds is 31. The Morgan fingerprint density at radius 3 is 0.796 bits per heavy atom. The molecule has 0 saturated heterocycles. The first-order valence-corrected chi connectivity index (χ1v) is 47.9. The van der Waals surface area contributed by atoms with Crippen molar-refractivity contribution in [2.45, 2.75) is 203 Å². The zero-order valence-corrected chi connectivity index (χ0v) is 78.5. The smallest absolute Gasteiger partial charge is 0.306 e. The number of azo groups is 2. The number of benzene rings is 8. The number of non-ortho nitro benzene ring substituents is 2. The third-order valence-corrected chi connectivity index (χ3v) is 26.0. The van der Waals surface area contributed by atoms with Gasteiger partial charge in [-0.1, -0.05) is 63.5 Å². The summed E-state index contributed by atoms with van der Waals surface area (Å²) < 4.78 is 23.2. The summed E-state index contributed by atoms with van der Waals surface area (Å²) in [6, 6.07) is 35.7. The highest BCUT2D eigenvalue weighted by Crippen LogP contribution is 2.32. The van der Waals surface area contributed by atoms with Gasteiger partial charge < -0.3 is 81.9 Å². The largest absolute Gasteiger partial charge is 0.464 e. The van der Waals surface area contributed by atoms with Crippen molar-refractivity contribution in [3.63, 3.8) is 0 Å². The van der Waals surface area contributed by atoms with E-state index in [9.17, 15) is 58.6 Å². The predicted octanol–water partition coefficient (Wildman–Crippen LogP) is 12.5. The normalized spacial score (nSPS) is 19.8. The van der Waals surface area contributed by atoms with Crippen molar-refractivity contribution in [3.8, 4) is 0 Å². The fourth-order valence-electron chi connectivity index (χ4n) is 18.1. The van der Waals surface area contributed by atoms with E-state index in [0.717, 1.165) is 11.4 Å². The second kappa shape index (κ2) is 49.0. The summed E-state index contributed by atoms with van der Waals surface area (Å²) in [5.41, 5.74) is 2.07. The van der Waals surface area contributed by atoms with E-state index in [4.69, 9.17) is 18.9 Å². The molecule has 0 unspecified atom stereocenters. The van der Waals surface area contributed by atoms with Gasteiger partial charge in [0.1, 0.15) is 26.4 Å². The highest BCUT2D eigenvalue weighted by Gasteiger charge is 2.38. The number of hydrogen-bond donors (Lipinski definition) is 10. The number of nitrogens with zero attached hydrogens (tertiary/aromatic N) is 8. The van der Waals surface area contributed by atoms with Crippen LogP contribution in [-0.4, -0.2) is 206 Å². The molecular weight excluding hydrogens is 1830 g/mol. The zero-order valence-electron chi connectivity index (χ0n) is 78.5. The number of nitro benzene ring substituents is 2. The van der Waals surface area contributed by atoms with Crippen LogP contribution in [0, 0.1) is 20.2 Å². The van der Waals surface area contributed by atoms with Gasteiger partial charge in [0.05, 0.1) is 83.5 Å². The van der Waals surface area contributed by atoms with Gasteiger partial charge in [0, 0.05) is 153 Å². The number of carbonyl (C=O) groups is 14. The van der Waals surface area contributed by atoms with Gasteiger partial charge in [-0.3, -0.25) is 87.4 Å². The van der Waals surface area contributed by atoms with E-state index in [1.807, 2.05) is 23.6 Å². The molecule has 40 heteroatoms. The maximum Gasteiger partial charge on any atom is 0.306 e. The lowest BCUT2D eigenvalue weighted by Crippen LogP contribution is -2.56. The first-order chi connectivity index (χ1) is 68.6. The number of esters is 4. The molecule has 10 atom stereocenters. The second-order valence-electron chi connectivity index (χ2n) is 35.6. The molecule has 6 aliphatic rings. The van der Waals surface area contributed by atoms with Crippen LogP contribution in [0.25, 0.3) is 0 Å². The Balaban J connectivity index is 0.762. The molecule has 742 valence electrons. The van der Waals surface area contributed by atoms with Gasteiger partial charge in [0.25, 0.3) is 70.4 Å². The fraction of sp³-hybridized carbons (Fsp3) is 0.392. The van der Waals surface area contributed by atoms with E-state index in [1.54, 1.807) is 84.9 Å². The number of nitrogens with one attached hydrogen (secondary N) is 10. The Morgan fingerprint density at radius 1 is 0.331 bits per heavy atom. The molecular formula is C102H112N18O22. The van der Waals surface area contributed by atoms with E-state index < -0.39 is 192 Å². The zero-order chi connectivity index (χ0) is 100. The average Bonchev–Trinajstić information content (AvgIpc) is 0.804. The van der Waals surface area contributed by atoms with E-state index in [2.05, 4.69) is 73.6 Å². The first kappa shape index (κ1) is 102. The Labute approximate surface area is 816 Å². The lowest BCUT2D eigenvalue weighted by atomic mass is 9.89. The van der Waals surface area contributed by atoms with Crippen LogP contribution in [0.15, 0.2) is 202 Å². The molecule has 14 rings (SSSR count). The number of hydrogen-bond acceptors (Lipinski definition) is 28. The molecule has 8 aromatic carbocycles. The summed E-state index contributed by atoms with van der Waals surface area (Å²) in [7, 11) is 0. The van der Waals surface area contributed by atoms with Crippen LogP contribution in [0.1, 0.15) is 246 Å². The van der Waals surface area contributed by atoms with Crippen molar-refractivity contribution in [1.82, 2.24) is 53.2 Å². The Hall–Kier alpha value is -16.1. The highest BCUT2D eigenvalue weighted by molar-refractivity contribution is 6.07. The number of ether oxygens (including phenoxy) is 4. The van der Waals surface area contributed by atoms with Crippen molar-refractivity contribution >= 4 is 128 Å². The van der Waals surface area contributed by atoms with Gasteiger partial charge >= 0.3 is 23.9 Å². The molecule has 0 radical (unpaired) electrons.